The second-order valence-electron chi connectivity index (χ2n) is 8.45. The third-order valence-electron chi connectivity index (χ3n) is 6.26. The first-order valence-electron chi connectivity index (χ1n) is 11.7. The van der Waals surface area contributed by atoms with Crippen LogP contribution in [0.5, 0.6) is 0 Å². The summed E-state index contributed by atoms with van der Waals surface area (Å²) in [4.78, 5) is 8.27. The van der Waals surface area contributed by atoms with E-state index in [1.165, 1.54) is 58.2 Å². The maximum absolute atomic E-state index is 4.13. The molecule has 0 aliphatic carbocycles. The minimum Gasteiger partial charge on any atom is -0.265 e. The molecule has 0 spiro atoms. The number of rotatable bonds is 5. The number of hydrogen-bond donors (Lipinski definition) is 0. The van der Waals surface area contributed by atoms with Gasteiger partial charge in [0.1, 0.15) is 13.1 Å². The Morgan fingerprint density at radius 3 is 1.42 bits per heavy atom. The minimum absolute atomic E-state index is 1.14. The Morgan fingerprint density at radius 1 is 0.545 bits per heavy atom. The molecule has 1 aliphatic rings. The molecule has 3 heterocycles. The zero-order valence-corrected chi connectivity index (χ0v) is 18.8. The maximum atomic E-state index is 4.13. The summed E-state index contributed by atoms with van der Waals surface area (Å²) < 4.78 is 2.44. The SMILES string of the molecule is C(C=[N+]1CCCCC1)=C(c1ccc(-c2ccncc2)cc1)c1ccc(-c2ccncc2)cc1. The number of allylic oxidation sites excluding steroid dienone is 1. The van der Waals surface area contributed by atoms with Gasteiger partial charge in [-0.25, -0.2) is 4.58 Å². The Balaban J connectivity index is 1.49. The maximum Gasteiger partial charge on any atom is 0.163 e. The van der Waals surface area contributed by atoms with Crippen LogP contribution in [0.3, 0.4) is 0 Å². The molecule has 0 saturated carbocycles. The van der Waals surface area contributed by atoms with Gasteiger partial charge in [-0.3, -0.25) is 9.97 Å². The second kappa shape index (κ2) is 10.2. The van der Waals surface area contributed by atoms with Crippen molar-refractivity contribution in [3.63, 3.8) is 0 Å². The van der Waals surface area contributed by atoms with Gasteiger partial charge in [0.15, 0.2) is 6.21 Å². The van der Waals surface area contributed by atoms with E-state index in [1.54, 1.807) is 0 Å². The molecule has 0 bridgehead atoms. The summed E-state index contributed by atoms with van der Waals surface area (Å²) in [5, 5.41) is 0. The predicted octanol–water partition coefficient (Wildman–Crippen LogP) is 6.51. The van der Waals surface area contributed by atoms with Crippen LogP contribution in [0.2, 0.25) is 0 Å². The highest BCUT2D eigenvalue weighted by atomic mass is 15.0. The van der Waals surface area contributed by atoms with E-state index in [9.17, 15) is 0 Å². The van der Waals surface area contributed by atoms with Gasteiger partial charge in [0.25, 0.3) is 0 Å². The fourth-order valence-electron chi connectivity index (χ4n) is 4.38. The van der Waals surface area contributed by atoms with E-state index in [0.29, 0.717) is 0 Å². The average molecular weight is 431 g/mol. The van der Waals surface area contributed by atoms with Crippen LogP contribution in [0.4, 0.5) is 0 Å². The number of pyridine rings is 2. The van der Waals surface area contributed by atoms with Crippen LogP contribution in [-0.2, 0) is 0 Å². The smallest absolute Gasteiger partial charge is 0.163 e. The Kier molecular flexibility index (Phi) is 6.48. The van der Waals surface area contributed by atoms with Crippen molar-refractivity contribution in [2.45, 2.75) is 19.3 Å². The number of piperidine rings is 1. The Morgan fingerprint density at radius 2 is 0.970 bits per heavy atom. The molecule has 33 heavy (non-hydrogen) atoms. The van der Waals surface area contributed by atoms with Gasteiger partial charge in [0.05, 0.1) is 0 Å². The molecule has 0 amide bonds. The number of aromatic nitrogens is 2. The Hall–Kier alpha value is -3.85. The van der Waals surface area contributed by atoms with Gasteiger partial charge in [-0.2, -0.15) is 0 Å². The van der Waals surface area contributed by atoms with Crippen LogP contribution in [-0.4, -0.2) is 33.8 Å². The lowest BCUT2D eigenvalue weighted by atomic mass is 9.94. The summed E-state index contributed by atoms with van der Waals surface area (Å²) >= 11 is 0. The van der Waals surface area contributed by atoms with Gasteiger partial charge in [-0.15, -0.1) is 0 Å². The molecule has 2 aromatic heterocycles. The van der Waals surface area contributed by atoms with Crippen LogP contribution < -0.4 is 0 Å². The molecular formula is C30H28N3+. The van der Waals surface area contributed by atoms with Crippen molar-refractivity contribution < 1.29 is 4.58 Å². The zero-order valence-electron chi connectivity index (χ0n) is 18.8. The van der Waals surface area contributed by atoms with E-state index in [2.05, 4.69) is 75.4 Å². The zero-order chi connectivity index (χ0) is 22.3. The van der Waals surface area contributed by atoms with Crippen molar-refractivity contribution >= 4 is 11.8 Å². The van der Waals surface area contributed by atoms with Crippen molar-refractivity contribution in [3.8, 4) is 22.3 Å². The largest absolute Gasteiger partial charge is 0.265 e. The van der Waals surface area contributed by atoms with Gasteiger partial charge < -0.3 is 0 Å². The van der Waals surface area contributed by atoms with Crippen LogP contribution in [0.1, 0.15) is 30.4 Å². The molecule has 0 atom stereocenters. The molecule has 3 nitrogen and oxygen atoms in total. The summed E-state index contributed by atoms with van der Waals surface area (Å²) in [7, 11) is 0. The van der Waals surface area contributed by atoms with E-state index in [-0.39, 0.29) is 0 Å². The molecule has 1 saturated heterocycles. The van der Waals surface area contributed by atoms with Crippen LogP contribution in [0.25, 0.3) is 27.8 Å². The lowest BCUT2D eigenvalue weighted by Crippen LogP contribution is -2.20. The Labute approximate surface area is 195 Å². The summed E-state index contributed by atoms with van der Waals surface area (Å²) in [6.45, 7) is 2.29. The standard InChI is InChI=1S/C30H28N3/c1-2-21-33(22-3-1)23-16-30(28-8-4-24(5-9-28)26-12-17-31-18-13-26)29-10-6-25(7-11-29)27-14-19-32-20-15-27/h4-20,23H,1-3,21-22H2/q+1. The first-order chi connectivity index (χ1) is 16.4. The summed E-state index contributed by atoms with van der Waals surface area (Å²) in [5.74, 6) is 0. The molecule has 1 aliphatic heterocycles. The van der Waals surface area contributed by atoms with E-state index in [4.69, 9.17) is 0 Å². The summed E-state index contributed by atoms with van der Waals surface area (Å²) in [6, 6.07) is 25.9. The normalized spacial score (nSPS) is 13.4. The predicted molar refractivity (Wildman–Crippen MR) is 136 cm³/mol. The van der Waals surface area contributed by atoms with Gasteiger partial charge in [0, 0.05) is 43.7 Å². The Bertz CT molecular complexity index is 1150. The minimum atomic E-state index is 1.14. The lowest BCUT2D eigenvalue weighted by molar-refractivity contribution is -0.532. The highest BCUT2D eigenvalue weighted by Gasteiger charge is 2.11. The molecule has 2 aromatic carbocycles. The first-order valence-corrected chi connectivity index (χ1v) is 11.7. The van der Waals surface area contributed by atoms with E-state index < -0.39 is 0 Å². The molecule has 3 heteroatoms. The lowest BCUT2D eigenvalue weighted by Gasteiger charge is -2.12. The van der Waals surface area contributed by atoms with Crippen molar-refractivity contribution in [1.29, 1.82) is 0 Å². The highest BCUT2D eigenvalue weighted by Crippen LogP contribution is 2.28. The molecule has 0 unspecified atom stereocenters. The number of benzene rings is 2. The molecule has 0 radical (unpaired) electrons. The molecule has 5 rings (SSSR count). The van der Waals surface area contributed by atoms with Gasteiger partial charge in [0.2, 0.25) is 0 Å². The monoisotopic (exact) mass is 430 g/mol. The third-order valence-corrected chi connectivity index (χ3v) is 6.26. The number of hydrogen-bond acceptors (Lipinski definition) is 2. The van der Waals surface area contributed by atoms with Crippen molar-refractivity contribution in [1.82, 2.24) is 9.97 Å². The van der Waals surface area contributed by atoms with Gasteiger partial charge in [-0.1, -0.05) is 48.5 Å². The molecule has 162 valence electrons. The van der Waals surface area contributed by atoms with Crippen molar-refractivity contribution in [3.05, 3.63) is 115 Å². The third kappa shape index (κ3) is 5.15. The topological polar surface area (TPSA) is 28.8 Å². The van der Waals surface area contributed by atoms with Gasteiger partial charge >= 0.3 is 0 Å². The van der Waals surface area contributed by atoms with Crippen LogP contribution in [0.15, 0.2) is 104 Å². The second-order valence-corrected chi connectivity index (χ2v) is 8.45. The van der Waals surface area contributed by atoms with Crippen LogP contribution in [0, 0.1) is 0 Å². The number of nitrogens with zero attached hydrogens (tertiary/aromatic N) is 3. The summed E-state index contributed by atoms with van der Waals surface area (Å²) in [5.41, 5.74) is 8.45. The fraction of sp³-hybridized carbons (Fsp3) is 0.167. The fourth-order valence-corrected chi connectivity index (χ4v) is 4.38. The quantitative estimate of drug-likeness (QED) is 0.338. The van der Waals surface area contributed by atoms with E-state index >= 15 is 0 Å². The molecule has 1 fully saturated rings. The highest BCUT2D eigenvalue weighted by molar-refractivity contribution is 5.90. The van der Waals surface area contributed by atoms with Crippen molar-refractivity contribution in [2.24, 2.45) is 0 Å². The summed E-state index contributed by atoms with van der Waals surface area (Å²) in [6.07, 6.45) is 15.8. The molecular weight excluding hydrogens is 402 g/mol. The average Bonchev–Trinajstić information content (AvgIpc) is 2.91. The van der Waals surface area contributed by atoms with Gasteiger partial charge in [-0.05, 0) is 69.6 Å². The first kappa shape index (κ1) is 21.0. The van der Waals surface area contributed by atoms with E-state index in [0.717, 1.165) is 13.1 Å². The van der Waals surface area contributed by atoms with E-state index in [1.807, 2.05) is 49.1 Å². The molecule has 0 N–H and O–H groups in total. The molecule has 4 aromatic rings. The van der Waals surface area contributed by atoms with Crippen LogP contribution >= 0.6 is 0 Å². The van der Waals surface area contributed by atoms with Crippen molar-refractivity contribution in [2.75, 3.05) is 13.1 Å².